The lowest BCUT2D eigenvalue weighted by Crippen LogP contribution is -2.13. The second kappa shape index (κ2) is 5.07. The second-order valence-corrected chi connectivity index (χ2v) is 4.57. The minimum absolute atomic E-state index is 0.140. The van der Waals surface area contributed by atoms with Gasteiger partial charge in [-0.3, -0.25) is 4.79 Å². The first kappa shape index (κ1) is 11.8. The van der Waals surface area contributed by atoms with Crippen LogP contribution in [0.25, 0.3) is 0 Å². The van der Waals surface area contributed by atoms with Gasteiger partial charge in [-0.05, 0) is 19.1 Å². The van der Waals surface area contributed by atoms with Crippen LogP contribution in [-0.2, 0) is 0 Å². The summed E-state index contributed by atoms with van der Waals surface area (Å²) in [5.74, 6) is -0.209. The van der Waals surface area contributed by atoms with E-state index in [1.165, 1.54) is 11.3 Å². The van der Waals surface area contributed by atoms with Crippen LogP contribution in [-0.4, -0.2) is 10.9 Å². The molecule has 0 radical (unpaired) electrons. The Kier molecular flexibility index (Phi) is 3.51. The normalized spacial score (nSPS) is 12.1. The lowest BCUT2D eigenvalue weighted by atomic mass is 10.3. The van der Waals surface area contributed by atoms with Crippen LogP contribution in [0, 0.1) is 0 Å². The fourth-order valence-electron chi connectivity index (χ4n) is 1.32. The molecule has 1 amide bonds. The first-order valence-corrected chi connectivity index (χ1v) is 6.12. The molecule has 0 fully saturated rings. The number of carbonyl (C=O) groups is 1. The van der Waals surface area contributed by atoms with Gasteiger partial charge in [-0.25, -0.2) is 4.98 Å². The Morgan fingerprint density at radius 3 is 2.71 bits per heavy atom. The van der Waals surface area contributed by atoms with Gasteiger partial charge in [0.25, 0.3) is 5.91 Å². The molecular weight excluding hydrogens is 234 g/mol. The van der Waals surface area contributed by atoms with E-state index in [2.05, 4.69) is 10.3 Å². The average Bonchev–Trinajstić information content (AvgIpc) is 2.79. The fraction of sp³-hybridized carbons (Fsp3) is 0.167. The molecule has 0 saturated carbocycles. The maximum absolute atomic E-state index is 11.8. The highest BCUT2D eigenvalue weighted by Crippen LogP contribution is 2.17. The van der Waals surface area contributed by atoms with Crippen LogP contribution < -0.4 is 11.1 Å². The summed E-state index contributed by atoms with van der Waals surface area (Å²) in [6, 6.07) is 9.15. The Balaban J connectivity index is 2.10. The molecule has 0 aliphatic heterocycles. The number of nitrogens with zero attached hydrogens (tertiary/aromatic N) is 1. The van der Waals surface area contributed by atoms with Crippen molar-refractivity contribution in [1.82, 2.24) is 4.98 Å². The van der Waals surface area contributed by atoms with Crippen molar-refractivity contribution in [2.45, 2.75) is 13.0 Å². The van der Waals surface area contributed by atoms with Crippen molar-refractivity contribution >= 4 is 22.9 Å². The first-order valence-electron chi connectivity index (χ1n) is 5.24. The van der Waals surface area contributed by atoms with Gasteiger partial charge >= 0.3 is 0 Å². The molecule has 0 aliphatic carbocycles. The molecule has 17 heavy (non-hydrogen) atoms. The Labute approximate surface area is 103 Å². The Hall–Kier alpha value is -1.72. The molecule has 1 heterocycles. The summed E-state index contributed by atoms with van der Waals surface area (Å²) in [7, 11) is 0. The molecule has 2 rings (SSSR count). The zero-order chi connectivity index (χ0) is 12.3. The van der Waals surface area contributed by atoms with Gasteiger partial charge in [0.05, 0.1) is 6.04 Å². The zero-order valence-corrected chi connectivity index (χ0v) is 10.2. The van der Waals surface area contributed by atoms with E-state index in [0.29, 0.717) is 5.69 Å². The third-order valence-electron chi connectivity index (χ3n) is 2.18. The lowest BCUT2D eigenvalue weighted by Gasteiger charge is -2.02. The summed E-state index contributed by atoms with van der Waals surface area (Å²) >= 11 is 1.40. The van der Waals surface area contributed by atoms with Gasteiger partial charge in [0.2, 0.25) is 0 Å². The number of carbonyl (C=O) groups excluding carboxylic acids is 1. The monoisotopic (exact) mass is 247 g/mol. The van der Waals surface area contributed by atoms with E-state index >= 15 is 0 Å². The Morgan fingerprint density at radius 1 is 1.41 bits per heavy atom. The smallest absolute Gasteiger partial charge is 0.275 e. The number of benzene rings is 1. The van der Waals surface area contributed by atoms with Crippen LogP contribution in [0.1, 0.15) is 28.5 Å². The lowest BCUT2D eigenvalue weighted by molar-refractivity contribution is 0.102. The van der Waals surface area contributed by atoms with Crippen molar-refractivity contribution in [2.24, 2.45) is 5.73 Å². The third kappa shape index (κ3) is 2.89. The quantitative estimate of drug-likeness (QED) is 0.875. The molecule has 2 aromatic rings. The summed E-state index contributed by atoms with van der Waals surface area (Å²) < 4.78 is 0. The van der Waals surface area contributed by atoms with E-state index in [1.54, 1.807) is 5.38 Å². The van der Waals surface area contributed by atoms with E-state index in [9.17, 15) is 4.79 Å². The minimum atomic E-state index is -0.209. The van der Waals surface area contributed by atoms with Crippen LogP contribution in [0.4, 0.5) is 5.69 Å². The van der Waals surface area contributed by atoms with E-state index in [1.807, 2.05) is 37.3 Å². The second-order valence-electron chi connectivity index (χ2n) is 3.68. The molecule has 0 spiro atoms. The van der Waals surface area contributed by atoms with Crippen molar-refractivity contribution in [3.63, 3.8) is 0 Å². The van der Waals surface area contributed by atoms with Crippen LogP contribution in [0.2, 0.25) is 0 Å². The standard InChI is InChI=1S/C12H13N3OS/c1-8(13)12-15-10(7-17-12)11(16)14-9-5-3-2-4-6-9/h2-8H,13H2,1H3,(H,14,16). The van der Waals surface area contributed by atoms with Gasteiger partial charge in [-0.2, -0.15) is 0 Å². The number of thiazole rings is 1. The SMILES string of the molecule is CC(N)c1nc(C(=O)Nc2ccccc2)cs1. The van der Waals surface area contributed by atoms with Crippen molar-refractivity contribution in [1.29, 1.82) is 0 Å². The molecular formula is C12H13N3OS. The maximum atomic E-state index is 11.8. The van der Waals surface area contributed by atoms with Crippen LogP contribution in [0.15, 0.2) is 35.7 Å². The van der Waals surface area contributed by atoms with Crippen molar-refractivity contribution in [3.05, 3.63) is 46.4 Å². The van der Waals surface area contributed by atoms with Gasteiger partial charge in [0.1, 0.15) is 10.7 Å². The number of anilines is 1. The molecule has 88 valence electrons. The highest BCUT2D eigenvalue weighted by molar-refractivity contribution is 7.09. The molecule has 3 N–H and O–H groups in total. The summed E-state index contributed by atoms with van der Waals surface area (Å²) in [4.78, 5) is 16.0. The predicted octanol–water partition coefficient (Wildman–Crippen LogP) is 2.42. The van der Waals surface area contributed by atoms with E-state index in [0.717, 1.165) is 10.7 Å². The molecule has 1 aromatic heterocycles. The van der Waals surface area contributed by atoms with Crippen molar-refractivity contribution in [2.75, 3.05) is 5.32 Å². The number of nitrogens with two attached hydrogens (primary N) is 1. The van der Waals surface area contributed by atoms with Crippen molar-refractivity contribution < 1.29 is 4.79 Å². The minimum Gasteiger partial charge on any atom is -0.322 e. The molecule has 1 aromatic carbocycles. The van der Waals surface area contributed by atoms with E-state index < -0.39 is 0 Å². The first-order chi connectivity index (χ1) is 8.16. The Morgan fingerprint density at radius 2 is 2.12 bits per heavy atom. The summed E-state index contributed by atoms with van der Waals surface area (Å²) in [5, 5.41) is 5.26. The fourth-order valence-corrected chi connectivity index (χ4v) is 2.08. The highest BCUT2D eigenvalue weighted by atomic mass is 32.1. The number of hydrogen-bond donors (Lipinski definition) is 2. The largest absolute Gasteiger partial charge is 0.322 e. The van der Waals surface area contributed by atoms with Crippen molar-refractivity contribution in [3.8, 4) is 0 Å². The highest BCUT2D eigenvalue weighted by Gasteiger charge is 2.12. The van der Waals surface area contributed by atoms with Crippen LogP contribution >= 0.6 is 11.3 Å². The molecule has 0 saturated heterocycles. The molecule has 0 bridgehead atoms. The number of para-hydroxylation sites is 1. The predicted molar refractivity (Wildman–Crippen MR) is 69.1 cm³/mol. The topological polar surface area (TPSA) is 68.0 Å². The molecule has 1 atom stereocenters. The van der Waals surface area contributed by atoms with E-state index in [4.69, 9.17) is 5.73 Å². The van der Waals surface area contributed by atoms with Gasteiger partial charge in [0.15, 0.2) is 0 Å². The number of rotatable bonds is 3. The number of nitrogens with one attached hydrogen (secondary N) is 1. The van der Waals surface area contributed by atoms with Gasteiger partial charge in [0, 0.05) is 11.1 Å². The van der Waals surface area contributed by atoms with Gasteiger partial charge in [-0.1, -0.05) is 18.2 Å². The van der Waals surface area contributed by atoms with Crippen LogP contribution in [0.5, 0.6) is 0 Å². The zero-order valence-electron chi connectivity index (χ0n) is 9.38. The molecule has 1 unspecified atom stereocenters. The van der Waals surface area contributed by atoms with E-state index in [-0.39, 0.29) is 11.9 Å². The third-order valence-corrected chi connectivity index (χ3v) is 3.22. The number of aromatic nitrogens is 1. The molecule has 0 aliphatic rings. The van der Waals surface area contributed by atoms with Crippen LogP contribution in [0.3, 0.4) is 0 Å². The number of amides is 1. The summed E-state index contributed by atoms with van der Waals surface area (Å²) in [6.07, 6.45) is 0. The van der Waals surface area contributed by atoms with Gasteiger partial charge in [-0.15, -0.1) is 11.3 Å². The summed E-state index contributed by atoms with van der Waals surface area (Å²) in [6.45, 7) is 1.84. The molecule has 4 nitrogen and oxygen atoms in total. The Bertz CT molecular complexity index is 507. The molecule has 5 heteroatoms. The number of hydrogen-bond acceptors (Lipinski definition) is 4. The average molecular weight is 247 g/mol. The maximum Gasteiger partial charge on any atom is 0.275 e. The van der Waals surface area contributed by atoms with Gasteiger partial charge < -0.3 is 11.1 Å². The summed E-state index contributed by atoms with van der Waals surface area (Å²) in [5.41, 5.74) is 6.86.